The van der Waals surface area contributed by atoms with Gasteiger partial charge in [-0.3, -0.25) is 4.79 Å². The maximum atomic E-state index is 12.4. The Morgan fingerprint density at radius 1 is 1.07 bits per heavy atom. The van der Waals surface area contributed by atoms with Crippen LogP contribution < -0.4 is 5.32 Å². The van der Waals surface area contributed by atoms with Gasteiger partial charge in [0, 0.05) is 31.6 Å². The fourth-order valence-corrected chi connectivity index (χ4v) is 3.53. The van der Waals surface area contributed by atoms with Crippen molar-refractivity contribution in [3.63, 3.8) is 0 Å². The molecule has 1 N–H and O–H groups in total. The molecule has 5 heteroatoms. The highest BCUT2D eigenvalue weighted by molar-refractivity contribution is 5.91. The summed E-state index contributed by atoms with van der Waals surface area (Å²) >= 11 is 0. The minimum atomic E-state index is -0.506. The number of rotatable bonds is 3. The second-order valence-electron chi connectivity index (χ2n) is 8.26. The molecule has 1 unspecified atom stereocenters. The van der Waals surface area contributed by atoms with Gasteiger partial charge in [-0.15, -0.1) is 0 Å². The highest BCUT2D eigenvalue weighted by Gasteiger charge is 2.31. The van der Waals surface area contributed by atoms with E-state index in [4.69, 9.17) is 4.74 Å². The van der Waals surface area contributed by atoms with Crippen LogP contribution in [0.4, 0.5) is 10.5 Å². The molecule has 0 aromatic heterocycles. The molecule has 2 aromatic carbocycles. The third kappa shape index (κ3) is 4.91. The van der Waals surface area contributed by atoms with Gasteiger partial charge in [-0.1, -0.05) is 42.5 Å². The Labute approximate surface area is 166 Å². The summed E-state index contributed by atoms with van der Waals surface area (Å²) in [5.74, 6) is 0.0626. The van der Waals surface area contributed by atoms with Gasteiger partial charge in [-0.2, -0.15) is 0 Å². The van der Waals surface area contributed by atoms with Gasteiger partial charge in [0.1, 0.15) is 5.60 Å². The van der Waals surface area contributed by atoms with E-state index in [2.05, 4.69) is 17.4 Å². The van der Waals surface area contributed by atoms with Crippen LogP contribution in [-0.4, -0.2) is 35.6 Å². The van der Waals surface area contributed by atoms with Crippen LogP contribution in [0.15, 0.2) is 48.5 Å². The number of benzene rings is 2. The Morgan fingerprint density at radius 2 is 1.79 bits per heavy atom. The van der Waals surface area contributed by atoms with Crippen LogP contribution in [0.25, 0.3) is 11.1 Å². The zero-order valence-electron chi connectivity index (χ0n) is 17.0. The van der Waals surface area contributed by atoms with Crippen LogP contribution in [0.2, 0.25) is 0 Å². The summed E-state index contributed by atoms with van der Waals surface area (Å²) < 4.78 is 5.49. The predicted molar refractivity (Wildman–Crippen MR) is 111 cm³/mol. The maximum Gasteiger partial charge on any atom is 0.410 e. The molecule has 5 nitrogen and oxygen atoms in total. The zero-order chi connectivity index (χ0) is 20.3. The van der Waals surface area contributed by atoms with Crippen LogP contribution in [0, 0.1) is 0 Å². The van der Waals surface area contributed by atoms with Crippen LogP contribution in [0.1, 0.15) is 45.6 Å². The van der Waals surface area contributed by atoms with Gasteiger partial charge in [0.25, 0.3) is 0 Å². The number of carbonyl (C=O) groups excluding carboxylic acids is 2. The lowest BCUT2D eigenvalue weighted by Crippen LogP contribution is -2.35. The fourth-order valence-electron chi connectivity index (χ4n) is 3.53. The Kier molecular flexibility index (Phi) is 5.73. The van der Waals surface area contributed by atoms with Gasteiger partial charge in [0.05, 0.1) is 0 Å². The van der Waals surface area contributed by atoms with Crippen molar-refractivity contribution in [3.05, 3.63) is 54.1 Å². The number of amides is 2. The molecule has 2 aromatic rings. The normalized spacial score (nSPS) is 16.7. The number of hydrogen-bond acceptors (Lipinski definition) is 3. The number of ether oxygens (including phenoxy) is 1. The number of nitrogens with one attached hydrogen (secondary N) is 1. The van der Waals surface area contributed by atoms with Crippen molar-refractivity contribution in [2.75, 3.05) is 18.4 Å². The smallest absolute Gasteiger partial charge is 0.410 e. The quantitative estimate of drug-likeness (QED) is 0.812. The lowest BCUT2D eigenvalue weighted by molar-refractivity contribution is -0.114. The Hall–Kier alpha value is -2.82. The van der Waals surface area contributed by atoms with Crippen molar-refractivity contribution in [3.8, 4) is 11.1 Å². The molecule has 1 atom stereocenters. The van der Waals surface area contributed by atoms with Crippen molar-refractivity contribution in [2.24, 2.45) is 0 Å². The third-order valence-electron chi connectivity index (χ3n) is 4.75. The van der Waals surface area contributed by atoms with Crippen molar-refractivity contribution in [2.45, 2.75) is 45.6 Å². The average Bonchev–Trinajstić information content (AvgIpc) is 3.10. The molecule has 28 heavy (non-hydrogen) atoms. The molecule has 0 aliphatic carbocycles. The molecule has 0 radical (unpaired) electrons. The number of nitrogens with zero attached hydrogens (tertiary/aromatic N) is 1. The molecule has 1 aliphatic rings. The van der Waals surface area contributed by atoms with Crippen molar-refractivity contribution in [1.82, 2.24) is 4.90 Å². The van der Waals surface area contributed by atoms with E-state index in [1.54, 1.807) is 4.90 Å². The van der Waals surface area contributed by atoms with Gasteiger partial charge in [0.2, 0.25) is 5.91 Å². The minimum absolute atomic E-state index is 0.103. The van der Waals surface area contributed by atoms with E-state index in [1.165, 1.54) is 6.92 Å². The number of carbonyl (C=O) groups is 2. The molecule has 2 amide bonds. The lowest BCUT2D eigenvalue weighted by Gasteiger charge is -2.24. The van der Waals surface area contributed by atoms with Crippen molar-refractivity contribution >= 4 is 17.7 Å². The third-order valence-corrected chi connectivity index (χ3v) is 4.75. The molecule has 1 saturated heterocycles. The highest BCUT2D eigenvalue weighted by atomic mass is 16.6. The van der Waals surface area contributed by atoms with E-state index in [9.17, 15) is 9.59 Å². The summed E-state index contributed by atoms with van der Waals surface area (Å²) in [4.78, 5) is 25.9. The van der Waals surface area contributed by atoms with E-state index >= 15 is 0 Å². The molecule has 0 bridgehead atoms. The number of anilines is 1. The van der Waals surface area contributed by atoms with Crippen LogP contribution in [-0.2, 0) is 9.53 Å². The number of likely N-dealkylation sites (tertiary alicyclic amines) is 1. The molecular weight excluding hydrogens is 352 g/mol. The molecule has 148 valence electrons. The summed E-state index contributed by atoms with van der Waals surface area (Å²) in [6.45, 7) is 8.37. The van der Waals surface area contributed by atoms with E-state index in [-0.39, 0.29) is 17.9 Å². The largest absolute Gasteiger partial charge is 0.444 e. The summed E-state index contributed by atoms with van der Waals surface area (Å²) in [5, 5.41) is 2.97. The summed E-state index contributed by atoms with van der Waals surface area (Å²) in [5.41, 5.74) is 3.51. The van der Waals surface area contributed by atoms with Crippen molar-refractivity contribution in [1.29, 1.82) is 0 Å². The molecule has 0 saturated carbocycles. The van der Waals surface area contributed by atoms with E-state index < -0.39 is 5.60 Å². The van der Waals surface area contributed by atoms with Gasteiger partial charge >= 0.3 is 6.09 Å². The van der Waals surface area contributed by atoms with E-state index in [0.29, 0.717) is 13.1 Å². The second-order valence-corrected chi connectivity index (χ2v) is 8.26. The molecule has 0 spiro atoms. The topological polar surface area (TPSA) is 58.6 Å². The lowest BCUT2D eigenvalue weighted by atomic mass is 9.93. The molecule has 1 fully saturated rings. The predicted octanol–water partition coefficient (Wildman–Crippen LogP) is 5.04. The van der Waals surface area contributed by atoms with E-state index in [1.807, 2.05) is 57.2 Å². The minimum Gasteiger partial charge on any atom is -0.444 e. The maximum absolute atomic E-state index is 12.4. The fraction of sp³-hybridized carbons (Fsp3) is 0.391. The van der Waals surface area contributed by atoms with Crippen LogP contribution in [0.3, 0.4) is 0 Å². The number of hydrogen-bond donors (Lipinski definition) is 1. The summed E-state index contributed by atoms with van der Waals surface area (Å²) in [6.07, 6.45) is 0.563. The van der Waals surface area contributed by atoms with Crippen LogP contribution >= 0.6 is 0 Å². The Bertz CT molecular complexity index is 856. The van der Waals surface area contributed by atoms with Crippen molar-refractivity contribution < 1.29 is 14.3 Å². The second kappa shape index (κ2) is 8.05. The highest BCUT2D eigenvalue weighted by Crippen LogP contribution is 2.35. The SMILES string of the molecule is CC(=O)Nc1cc(-c2ccccc2)ccc1C1CCN(C(=O)OC(C)(C)C)C1. The summed E-state index contributed by atoms with van der Waals surface area (Å²) in [6, 6.07) is 16.2. The first-order valence-corrected chi connectivity index (χ1v) is 9.68. The molecule has 1 aliphatic heterocycles. The Balaban J connectivity index is 1.83. The first kappa shape index (κ1) is 19.9. The summed E-state index contributed by atoms with van der Waals surface area (Å²) in [7, 11) is 0. The first-order valence-electron chi connectivity index (χ1n) is 9.68. The van der Waals surface area contributed by atoms with Gasteiger partial charge in [-0.05, 0) is 49.9 Å². The van der Waals surface area contributed by atoms with Gasteiger partial charge in [-0.25, -0.2) is 4.79 Å². The molecule has 1 heterocycles. The molecule has 3 rings (SSSR count). The zero-order valence-corrected chi connectivity index (χ0v) is 17.0. The average molecular weight is 380 g/mol. The van der Waals surface area contributed by atoms with Gasteiger partial charge < -0.3 is 15.0 Å². The first-order chi connectivity index (χ1) is 13.2. The van der Waals surface area contributed by atoms with E-state index in [0.717, 1.165) is 28.8 Å². The monoisotopic (exact) mass is 380 g/mol. The van der Waals surface area contributed by atoms with Gasteiger partial charge in [0.15, 0.2) is 0 Å². The molecular formula is C23H28N2O3. The Morgan fingerprint density at radius 3 is 2.43 bits per heavy atom. The van der Waals surface area contributed by atoms with Crippen LogP contribution in [0.5, 0.6) is 0 Å². The standard InChI is InChI=1S/C23H28N2O3/c1-16(26)24-21-14-18(17-8-6-5-7-9-17)10-11-20(21)19-12-13-25(15-19)22(27)28-23(2,3)4/h5-11,14,19H,12-13,15H2,1-4H3,(H,24,26).